The molecule has 1 aliphatic rings. The Balaban J connectivity index is 1.57. The van der Waals surface area contributed by atoms with Crippen molar-refractivity contribution in [2.75, 3.05) is 13.1 Å². The number of aromatic nitrogens is 2. The Bertz CT molecular complexity index is 924. The van der Waals surface area contributed by atoms with Crippen LogP contribution in [0.5, 0.6) is 0 Å². The molecule has 0 saturated carbocycles. The maximum Gasteiger partial charge on any atom is 0.287 e. The molecule has 1 N–H and O–H groups in total. The van der Waals surface area contributed by atoms with E-state index in [0.29, 0.717) is 5.82 Å². The van der Waals surface area contributed by atoms with Crippen LogP contribution in [-0.2, 0) is 17.9 Å². The molecule has 0 radical (unpaired) electrons. The number of hydrogen-bond donors (Lipinski definition) is 1. The van der Waals surface area contributed by atoms with Crippen molar-refractivity contribution in [1.82, 2.24) is 19.8 Å². The van der Waals surface area contributed by atoms with Gasteiger partial charge in [0.25, 0.3) is 5.91 Å². The van der Waals surface area contributed by atoms with E-state index < -0.39 is 0 Å². The topological polar surface area (TPSA) is 80.4 Å². The molecular formula is C19H20N4O3. The third kappa shape index (κ3) is 3.20. The van der Waals surface area contributed by atoms with Gasteiger partial charge in [0, 0.05) is 13.1 Å². The second-order valence-electron chi connectivity index (χ2n) is 6.35. The molecule has 2 amide bonds. The minimum Gasteiger partial charge on any atom is -0.459 e. The molecule has 2 aromatic heterocycles. The third-order valence-corrected chi connectivity index (χ3v) is 4.64. The van der Waals surface area contributed by atoms with Crippen LogP contribution in [0.15, 0.2) is 47.1 Å². The van der Waals surface area contributed by atoms with E-state index in [-0.39, 0.29) is 30.7 Å². The Labute approximate surface area is 150 Å². The number of carbonyl (C=O) groups is 2. The number of carbonyl (C=O) groups excluding carboxylic acids is 2. The molecule has 0 atom stereocenters. The summed E-state index contributed by atoms with van der Waals surface area (Å²) in [6.07, 6.45) is 3.57. The minimum atomic E-state index is -0.306. The molecule has 0 unspecified atom stereocenters. The molecule has 1 aliphatic heterocycles. The van der Waals surface area contributed by atoms with E-state index in [9.17, 15) is 9.59 Å². The van der Waals surface area contributed by atoms with E-state index in [4.69, 9.17) is 4.42 Å². The number of amides is 2. The molecule has 7 nitrogen and oxygen atoms in total. The molecule has 3 heterocycles. The van der Waals surface area contributed by atoms with Crippen molar-refractivity contribution in [1.29, 1.82) is 0 Å². The lowest BCUT2D eigenvalue weighted by molar-refractivity contribution is -0.130. The van der Waals surface area contributed by atoms with Crippen molar-refractivity contribution in [3.05, 3.63) is 54.2 Å². The van der Waals surface area contributed by atoms with Crippen molar-refractivity contribution in [2.24, 2.45) is 0 Å². The van der Waals surface area contributed by atoms with E-state index in [0.717, 1.165) is 37.0 Å². The highest BCUT2D eigenvalue weighted by atomic mass is 16.3. The standard InChI is InChI=1S/C19H20N4O3/c24-18(22-9-3-4-10-22)13-23-15-7-2-1-6-14(15)21-17(23)12-20-19(25)16-8-5-11-26-16/h1-2,5-8,11H,3-4,9-10,12-13H2,(H,20,25). The number of likely N-dealkylation sites (tertiary alicyclic amines) is 1. The van der Waals surface area contributed by atoms with E-state index in [1.165, 1.54) is 6.26 Å². The summed E-state index contributed by atoms with van der Waals surface area (Å²) in [6.45, 7) is 2.08. The molecule has 0 aliphatic carbocycles. The Morgan fingerprint density at radius 3 is 2.69 bits per heavy atom. The average Bonchev–Trinajstić information content (AvgIpc) is 3.40. The van der Waals surface area contributed by atoms with Gasteiger partial charge in [-0.3, -0.25) is 9.59 Å². The lowest BCUT2D eigenvalue weighted by Gasteiger charge is -2.17. The van der Waals surface area contributed by atoms with Gasteiger partial charge in [0.1, 0.15) is 12.4 Å². The number of rotatable bonds is 5. The van der Waals surface area contributed by atoms with Crippen molar-refractivity contribution in [3.8, 4) is 0 Å². The van der Waals surface area contributed by atoms with Crippen LogP contribution in [-0.4, -0.2) is 39.4 Å². The number of benzene rings is 1. The molecule has 26 heavy (non-hydrogen) atoms. The van der Waals surface area contributed by atoms with Gasteiger partial charge in [0.2, 0.25) is 5.91 Å². The summed E-state index contributed by atoms with van der Waals surface area (Å²) in [5, 5.41) is 2.80. The van der Waals surface area contributed by atoms with Gasteiger partial charge >= 0.3 is 0 Å². The number of furan rings is 1. The highest BCUT2D eigenvalue weighted by molar-refractivity contribution is 5.91. The zero-order valence-electron chi connectivity index (χ0n) is 14.4. The van der Waals surface area contributed by atoms with Crippen molar-refractivity contribution < 1.29 is 14.0 Å². The van der Waals surface area contributed by atoms with Crippen LogP contribution < -0.4 is 5.32 Å². The minimum absolute atomic E-state index is 0.0873. The summed E-state index contributed by atoms with van der Waals surface area (Å²) in [5.41, 5.74) is 1.70. The van der Waals surface area contributed by atoms with Crippen LogP contribution in [0.2, 0.25) is 0 Å². The Kier molecular flexibility index (Phi) is 4.43. The normalized spacial score (nSPS) is 14.1. The van der Waals surface area contributed by atoms with Gasteiger partial charge < -0.3 is 19.2 Å². The highest BCUT2D eigenvalue weighted by Gasteiger charge is 2.21. The summed E-state index contributed by atoms with van der Waals surface area (Å²) >= 11 is 0. The number of nitrogens with one attached hydrogen (secondary N) is 1. The summed E-state index contributed by atoms with van der Waals surface area (Å²) < 4.78 is 6.99. The Morgan fingerprint density at radius 2 is 1.92 bits per heavy atom. The van der Waals surface area contributed by atoms with E-state index in [1.807, 2.05) is 33.7 Å². The fourth-order valence-corrected chi connectivity index (χ4v) is 3.29. The molecule has 0 bridgehead atoms. The largest absolute Gasteiger partial charge is 0.459 e. The predicted octanol–water partition coefficient (Wildman–Crippen LogP) is 2.18. The van der Waals surface area contributed by atoms with Crippen molar-refractivity contribution in [2.45, 2.75) is 25.9 Å². The van der Waals surface area contributed by atoms with E-state index >= 15 is 0 Å². The predicted molar refractivity (Wildman–Crippen MR) is 95.4 cm³/mol. The molecular weight excluding hydrogens is 332 g/mol. The maximum absolute atomic E-state index is 12.6. The lowest BCUT2D eigenvalue weighted by atomic mass is 10.3. The number of hydrogen-bond acceptors (Lipinski definition) is 4. The van der Waals surface area contributed by atoms with Gasteiger partial charge in [0.15, 0.2) is 5.76 Å². The van der Waals surface area contributed by atoms with Gasteiger partial charge in [-0.15, -0.1) is 0 Å². The fourth-order valence-electron chi connectivity index (χ4n) is 3.29. The Hall–Kier alpha value is -3.09. The first-order valence-electron chi connectivity index (χ1n) is 8.76. The summed E-state index contributed by atoms with van der Waals surface area (Å²) in [7, 11) is 0. The maximum atomic E-state index is 12.6. The molecule has 1 saturated heterocycles. The summed E-state index contributed by atoms with van der Waals surface area (Å²) in [5.74, 6) is 0.684. The average molecular weight is 352 g/mol. The molecule has 0 spiro atoms. The number of para-hydroxylation sites is 2. The quantitative estimate of drug-likeness (QED) is 0.763. The van der Waals surface area contributed by atoms with Gasteiger partial charge in [-0.05, 0) is 37.1 Å². The number of nitrogens with zero attached hydrogens (tertiary/aromatic N) is 3. The number of fused-ring (bicyclic) bond motifs is 1. The van der Waals surface area contributed by atoms with Crippen LogP contribution in [0.25, 0.3) is 11.0 Å². The zero-order chi connectivity index (χ0) is 17.9. The number of imidazole rings is 1. The lowest BCUT2D eigenvalue weighted by Crippen LogP contribution is -2.32. The van der Waals surface area contributed by atoms with Crippen LogP contribution in [0.1, 0.15) is 29.2 Å². The van der Waals surface area contributed by atoms with E-state index in [1.54, 1.807) is 12.1 Å². The van der Waals surface area contributed by atoms with Crippen LogP contribution in [0, 0.1) is 0 Å². The molecule has 3 aromatic rings. The zero-order valence-corrected chi connectivity index (χ0v) is 14.4. The third-order valence-electron chi connectivity index (χ3n) is 4.64. The van der Waals surface area contributed by atoms with Crippen molar-refractivity contribution in [3.63, 3.8) is 0 Å². The Morgan fingerprint density at radius 1 is 1.12 bits per heavy atom. The molecule has 4 rings (SSSR count). The second-order valence-corrected chi connectivity index (χ2v) is 6.35. The molecule has 7 heteroatoms. The van der Waals surface area contributed by atoms with Gasteiger partial charge in [-0.25, -0.2) is 4.98 Å². The first-order valence-corrected chi connectivity index (χ1v) is 8.76. The summed E-state index contributed by atoms with van der Waals surface area (Å²) in [4.78, 5) is 31.2. The fraction of sp³-hybridized carbons (Fsp3) is 0.316. The van der Waals surface area contributed by atoms with Gasteiger partial charge in [-0.1, -0.05) is 12.1 Å². The first kappa shape index (κ1) is 16.4. The molecule has 134 valence electrons. The second kappa shape index (κ2) is 7.03. The summed E-state index contributed by atoms with van der Waals surface area (Å²) in [6, 6.07) is 11.0. The van der Waals surface area contributed by atoms with Crippen molar-refractivity contribution >= 4 is 22.8 Å². The van der Waals surface area contributed by atoms with E-state index in [2.05, 4.69) is 10.3 Å². The van der Waals surface area contributed by atoms with Gasteiger partial charge in [-0.2, -0.15) is 0 Å². The van der Waals surface area contributed by atoms with Crippen LogP contribution in [0.3, 0.4) is 0 Å². The smallest absolute Gasteiger partial charge is 0.287 e. The molecule has 1 aromatic carbocycles. The highest BCUT2D eigenvalue weighted by Crippen LogP contribution is 2.17. The monoisotopic (exact) mass is 352 g/mol. The van der Waals surface area contributed by atoms with Crippen LogP contribution in [0.4, 0.5) is 0 Å². The molecule has 1 fully saturated rings. The SMILES string of the molecule is O=C(NCc1nc2ccccc2n1CC(=O)N1CCCC1)c1ccco1. The first-order chi connectivity index (χ1) is 12.7. The van der Waals surface area contributed by atoms with Gasteiger partial charge in [0.05, 0.1) is 23.8 Å². The van der Waals surface area contributed by atoms with Crippen LogP contribution >= 0.6 is 0 Å².